The van der Waals surface area contributed by atoms with E-state index in [9.17, 15) is 19.2 Å². The highest BCUT2D eigenvalue weighted by atomic mass is 32.1. The highest BCUT2D eigenvalue weighted by molar-refractivity contribution is 7.05. The first-order valence-corrected chi connectivity index (χ1v) is 10.5. The maximum absolute atomic E-state index is 12.8. The van der Waals surface area contributed by atoms with Gasteiger partial charge in [0.15, 0.2) is 5.69 Å². The lowest BCUT2D eigenvalue weighted by molar-refractivity contribution is -0.136. The number of rotatable bonds is 5. The van der Waals surface area contributed by atoms with Gasteiger partial charge in [0.1, 0.15) is 6.04 Å². The largest absolute Gasteiger partial charge is 0.346 e. The lowest BCUT2D eigenvalue weighted by Gasteiger charge is -2.29. The van der Waals surface area contributed by atoms with E-state index in [0.717, 1.165) is 10.4 Å². The molecule has 2 aliphatic rings. The van der Waals surface area contributed by atoms with Crippen LogP contribution in [0.15, 0.2) is 30.6 Å². The molecule has 13 heteroatoms. The molecule has 1 unspecified atom stereocenters. The quantitative estimate of drug-likeness (QED) is 0.505. The molecule has 32 heavy (non-hydrogen) atoms. The summed E-state index contributed by atoms with van der Waals surface area (Å²) in [5.74, 6) is -1.42. The molecule has 1 fully saturated rings. The molecule has 4 amide bonds. The van der Waals surface area contributed by atoms with Crippen molar-refractivity contribution in [2.75, 3.05) is 0 Å². The zero-order valence-electron chi connectivity index (χ0n) is 16.5. The molecule has 0 radical (unpaired) electrons. The summed E-state index contributed by atoms with van der Waals surface area (Å²) in [5, 5.41) is 16.7. The number of carbonyl (C=O) groups excluding carboxylic acids is 4. The Bertz CT molecular complexity index is 1240. The predicted molar refractivity (Wildman–Crippen MR) is 108 cm³/mol. The van der Waals surface area contributed by atoms with Crippen molar-refractivity contribution in [2.24, 2.45) is 0 Å². The molecule has 5 rings (SSSR count). The average Bonchev–Trinajstić information content (AvgIpc) is 3.53. The Balaban J connectivity index is 1.31. The van der Waals surface area contributed by atoms with Gasteiger partial charge in [-0.05, 0) is 41.7 Å². The van der Waals surface area contributed by atoms with Crippen LogP contribution in [0.4, 0.5) is 0 Å². The van der Waals surface area contributed by atoms with E-state index in [-0.39, 0.29) is 36.4 Å². The SMILES string of the molecule is O=C1CCC(N2Cc3cc(-n4cc(C(=O)NCc5cnns5)nn4)ccc3C2=O)C(=O)N1. The molecule has 0 aliphatic carbocycles. The number of nitrogens with one attached hydrogen (secondary N) is 2. The molecule has 2 N–H and O–H groups in total. The van der Waals surface area contributed by atoms with Crippen LogP contribution in [0.5, 0.6) is 0 Å². The van der Waals surface area contributed by atoms with Crippen LogP contribution in [0.2, 0.25) is 0 Å². The van der Waals surface area contributed by atoms with Gasteiger partial charge < -0.3 is 10.2 Å². The van der Waals surface area contributed by atoms with Gasteiger partial charge in [0.05, 0.1) is 29.5 Å². The third-order valence-corrected chi connectivity index (χ3v) is 5.99. The smallest absolute Gasteiger partial charge is 0.273 e. The number of fused-ring (bicyclic) bond motifs is 1. The molecule has 4 heterocycles. The molecule has 12 nitrogen and oxygen atoms in total. The molecule has 2 aliphatic heterocycles. The first-order chi connectivity index (χ1) is 15.5. The van der Waals surface area contributed by atoms with Crippen molar-refractivity contribution in [2.45, 2.75) is 32.0 Å². The Morgan fingerprint density at radius 2 is 2.16 bits per heavy atom. The Labute approximate surface area is 184 Å². The highest BCUT2D eigenvalue weighted by Gasteiger charge is 2.39. The fourth-order valence-electron chi connectivity index (χ4n) is 3.72. The van der Waals surface area contributed by atoms with Crippen molar-refractivity contribution >= 4 is 35.2 Å². The average molecular weight is 452 g/mol. The summed E-state index contributed by atoms with van der Waals surface area (Å²) in [6.07, 6.45) is 3.57. The van der Waals surface area contributed by atoms with E-state index in [1.54, 1.807) is 24.4 Å². The zero-order valence-corrected chi connectivity index (χ0v) is 17.3. The molecular formula is C19H16N8O4S. The van der Waals surface area contributed by atoms with E-state index in [1.165, 1.54) is 27.3 Å². The maximum Gasteiger partial charge on any atom is 0.273 e. The van der Waals surface area contributed by atoms with Crippen LogP contribution < -0.4 is 10.6 Å². The van der Waals surface area contributed by atoms with Gasteiger partial charge in [0, 0.05) is 18.5 Å². The molecule has 2 aromatic heterocycles. The van der Waals surface area contributed by atoms with E-state index in [4.69, 9.17) is 0 Å². The van der Waals surface area contributed by atoms with Crippen LogP contribution in [0.25, 0.3) is 5.69 Å². The van der Waals surface area contributed by atoms with Gasteiger partial charge in [0.25, 0.3) is 11.8 Å². The molecule has 3 aromatic rings. The highest BCUT2D eigenvalue weighted by Crippen LogP contribution is 2.29. The van der Waals surface area contributed by atoms with Crippen LogP contribution in [-0.4, -0.2) is 59.2 Å². The van der Waals surface area contributed by atoms with Crippen molar-refractivity contribution in [1.29, 1.82) is 0 Å². The van der Waals surface area contributed by atoms with E-state index in [1.807, 2.05) is 0 Å². The fraction of sp³-hybridized carbons (Fsp3) is 0.263. The minimum absolute atomic E-state index is 0.143. The Morgan fingerprint density at radius 1 is 1.28 bits per heavy atom. The van der Waals surface area contributed by atoms with E-state index >= 15 is 0 Å². The normalized spacial score (nSPS) is 17.9. The van der Waals surface area contributed by atoms with Crippen molar-refractivity contribution in [3.05, 3.63) is 52.3 Å². The standard InChI is InChI=1S/C19H16N8O4S/c28-16-4-3-15(18(30)22-16)26-8-10-5-11(1-2-13(10)19(26)31)27-9-14(23-24-27)17(29)20-6-12-7-21-25-32-12/h1-2,5,7,9,15H,3-4,6,8H2,(H,20,29)(H,22,28,30). The van der Waals surface area contributed by atoms with Crippen LogP contribution in [0, 0.1) is 0 Å². The molecular weight excluding hydrogens is 436 g/mol. The number of amides is 4. The van der Waals surface area contributed by atoms with Gasteiger partial charge in [-0.25, -0.2) is 4.68 Å². The van der Waals surface area contributed by atoms with Crippen molar-refractivity contribution in [1.82, 2.24) is 40.1 Å². The zero-order chi connectivity index (χ0) is 22.2. The molecule has 162 valence electrons. The minimum Gasteiger partial charge on any atom is -0.346 e. The molecule has 1 aromatic carbocycles. The summed E-state index contributed by atoms with van der Waals surface area (Å²) in [5.41, 5.74) is 2.00. The molecule has 0 spiro atoms. The van der Waals surface area contributed by atoms with Crippen molar-refractivity contribution in [3.8, 4) is 5.69 Å². The molecule has 1 saturated heterocycles. The molecule has 0 saturated carbocycles. The van der Waals surface area contributed by atoms with Gasteiger partial charge in [-0.2, -0.15) is 0 Å². The summed E-state index contributed by atoms with van der Waals surface area (Å²) in [4.78, 5) is 51.0. The Morgan fingerprint density at radius 3 is 2.94 bits per heavy atom. The van der Waals surface area contributed by atoms with Crippen LogP contribution in [0.1, 0.15) is 44.1 Å². The maximum atomic E-state index is 12.8. The summed E-state index contributed by atoms with van der Waals surface area (Å²) in [7, 11) is 0. The fourth-order valence-corrected chi connectivity index (χ4v) is 4.15. The van der Waals surface area contributed by atoms with Gasteiger partial charge in [-0.1, -0.05) is 9.70 Å². The molecule has 1 atom stereocenters. The first kappa shape index (κ1) is 19.9. The van der Waals surface area contributed by atoms with E-state index < -0.39 is 11.9 Å². The second kappa shape index (κ2) is 7.92. The Hall–Kier alpha value is -4.00. The van der Waals surface area contributed by atoms with E-state index in [2.05, 4.69) is 30.5 Å². The number of hydrogen-bond donors (Lipinski definition) is 2. The summed E-state index contributed by atoms with van der Waals surface area (Å²) in [6, 6.07) is 4.46. The van der Waals surface area contributed by atoms with Crippen molar-refractivity contribution in [3.63, 3.8) is 0 Å². The van der Waals surface area contributed by atoms with E-state index in [0.29, 0.717) is 24.2 Å². The van der Waals surface area contributed by atoms with Crippen LogP contribution >= 0.6 is 11.5 Å². The van der Waals surface area contributed by atoms with Gasteiger partial charge in [-0.3, -0.25) is 24.5 Å². The summed E-state index contributed by atoms with van der Waals surface area (Å²) < 4.78 is 5.18. The lowest BCUT2D eigenvalue weighted by atomic mass is 10.0. The number of imide groups is 1. The molecule has 0 bridgehead atoms. The summed E-state index contributed by atoms with van der Waals surface area (Å²) >= 11 is 1.19. The topological polar surface area (TPSA) is 152 Å². The predicted octanol–water partition coefficient (Wildman–Crippen LogP) is -0.190. The van der Waals surface area contributed by atoms with Gasteiger partial charge in [-0.15, -0.1) is 10.2 Å². The lowest BCUT2D eigenvalue weighted by Crippen LogP contribution is -2.52. The van der Waals surface area contributed by atoms with Gasteiger partial charge >= 0.3 is 0 Å². The Kier molecular flexibility index (Phi) is 4.93. The summed E-state index contributed by atoms with van der Waals surface area (Å²) in [6.45, 7) is 0.541. The first-order valence-electron chi connectivity index (χ1n) is 9.74. The van der Waals surface area contributed by atoms with Gasteiger partial charge in [0.2, 0.25) is 11.8 Å². The van der Waals surface area contributed by atoms with Crippen molar-refractivity contribution < 1.29 is 19.2 Å². The number of benzene rings is 1. The third-order valence-electron chi connectivity index (χ3n) is 5.33. The second-order valence-electron chi connectivity index (χ2n) is 7.36. The number of nitrogens with zero attached hydrogens (tertiary/aromatic N) is 6. The van der Waals surface area contributed by atoms with Crippen LogP contribution in [-0.2, 0) is 22.7 Å². The van der Waals surface area contributed by atoms with Crippen LogP contribution in [0.3, 0.4) is 0 Å². The number of carbonyl (C=O) groups is 4. The third kappa shape index (κ3) is 3.62. The number of piperidine rings is 1. The monoisotopic (exact) mass is 452 g/mol. The second-order valence-corrected chi connectivity index (χ2v) is 8.23. The minimum atomic E-state index is -0.675. The number of hydrogen-bond acceptors (Lipinski definition) is 9. The number of aromatic nitrogens is 5.